The molecule has 1 saturated carbocycles. The van der Waals surface area contributed by atoms with Gasteiger partial charge < -0.3 is 10.2 Å². The number of nitrogens with one attached hydrogen (secondary N) is 1. The molecule has 3 aromatic carbocycles. The van der Waals surface area contributed by atoms with E-state index in [1.807, 2.05) is 61.5 Å². The van der Waals surface area contributed by atoms with Gasteiger partial charge in [0.2, 0.25) is 11.8 Å². The molecule has 0 aliphatic heterocycles. The van der Waals surface area contributed by atoms with Gasteiger partial charge in [-0.1, -0.05) is 79.6 Å². The lowest BCUT2D eigenvalue weighted by atomic mass is 10.0. The van der Waals surface area contributed by atoms with Gasteiger partial charge in [-0.15, -0.1) is 0 Å². The van der Waals surface area contributed by atoms with Crippen LogP contribution in [0, 0.1) is 12.7 Å². The molecule has 1 N–H and O–H groups in total. The molecule has 42 heavy (non-hydrogen) atoms. The number of carbonyl (C=O) groups is 2. The van der Waals surface area contributed by atoms with Gasteiger partial charge in [0, 0.05) is 33.1 Å². The lowest BCUT2D eigenvalue weighted by Gasteiger charge is -2.35. The molecule has 0 saturated heterocycles. The molecule has 3 aromatic rings. The highest BCUT2D eigenvalue weighted by Gasteiger charge is 2.36. The fourth-order valence-electron chi connectivity index (χ4n) is 5.25. The van der Waals surface area contributed by atoms with Crippen molar-refractivity contribution >= 4 is 27.7 Å². The van der Waals surface area contributed by atoms with E-state index in [2.05, 4.69) is 5.32 Å². The number of nitrogens with zero attached hydrogens (tertiary/aromatic N) is 3. The van der Waals surface area contributed by atoms with Crippen LogP contribution in [0.3, 0.4) is 0 Å². The first-order valence-corrected chi connectivity index (χ1v) is 15.6. The zero-order chi connectivity index (χ0) is 30.3. The van der Waals surface area contributed by atoms with Gasteiger partial charge in [-0.3, -0.25) is 9.59 Å². The van der Waals surface area contributed by atoms with E-state index < -0.39 is 34.5 Å². The number of rotatable bonds is 12. The SMILES string of the molecule is Cc1ccccc1CN(C(=O)CN(c1ccccc1F)S(=O)(=O)N(C)C)C(Cc1ccccc1)C(=O)NC1CCCC1. The maximum Gasteiger partial charge on any atom is 0.304 e. The van der Waals surface area contributed by atoms with Crippen LogP contribution in [0.15, 0.2) is 78.9 Å². The van der Waals surface area contributed by atoms with E-state index in [0.29, 0.717) is 0 Å². The van der Waals surface area contributed by atoms with E-state index >= 15 is 0 Å². The molecule has 0 heterocycles. The van der Waals surface area contributed by atoms with Crippen molar-refractivity contribution in [3.63, 3.8) is 0 Å². The molecule has 4 rings (SSSR count). The second-order valence-corrected chi connectivity index (χ2v) is 13.0. The van der Waals surface area contributed by atoms with Crippen molar-refractivity contribution in [2.45, 2.75) is 57.7 Å². The third kappa shape index (κ3) is 7.54. The van der Waals surface area contributed by atoms with Gasteiger partial charge in [-0.2, -0.15) is 12.7 Å². The zero-order valence-corrected chi connectivity index (χ0v) is 25.2. The van der Waals surface area contributed by atoms with E-state index in [1.165, 1.54) is 37.2 Å². The Bertz CT molecular complexity index is 1480. The van der Waals surface area contributed by atoms with Gasteiger partial charge in [0.25, 0.3) is 0 Å². The van der Waals surface area contributed by atoms with E-state index in [1.54, 1.807) is 0 Å². The Labute approximate surface area is 248 Å². The topological polar surface area (TPSA) is 90.0 Å². The van der Waals surface area contributed by atoms with Crippen molar-refractivity contribution in [1.82, 2.24) is 14.5 Å². The van der Waals surface area contributed by atoms with Gasteiger partial charge >= 0.3 is 10.2 Å². The zero-order valence-electron chi connectivity index (χ0n) is 24.4. The van der Waals surface area contributed by atoms with Crippen LogP contribution in [0.5, 0.6) is 0 Å². The number of hydrogen-bond donors (Lipinski definition) is 1. The number of anilines is 1. The Morgan fingerprint density at radius 1 is 0.929 bits per heavy atom. The molecule has 2 amide bonds. The summed E-state index contributed by atoms with van der Waals surface area (Å²) in [5.41, 5.74) is 2.37. The standard InChI is InChI=1S/C32H39FN4O4S/c1-24-13-7-8-16-26(24)22-36(30(21-25-14-5-4-6-15-25)32(39)34-27-17-9-10-18-27)31(38)23-37(42(40,41)35(2)3)29-20-12-11-19-28(29)33/h4-8,11-16,19-20,27,30H,9-10,17-18,21-23H2,1-3H3,(H,34,39). The number of para-hydroxylation sites is 1. The first-order valence-electron chi connectivity index (χ1n) is 14.2. The Hall–Kier alpha value is -3.76. The first kappa shape index (κ1) is 31.2. The number of carbonyl (C=O) groups excluding carboxylic acids is 2. The fourth-order valence-corrected chi connectivity index (χ4v) is 6.31. The van der Waals surface area contributed by atoms with Crippen molar-refractivity contribution in [3.05, 3.63) is 101 Å². The summed E-state index contributed by atoms with van der Waals surface area (Å²) >= 11 is 0. The van der Waals surface area contributed by atoms with Crippen LogP contribution in [0.25, 0.3) is 0 Å². The average molecular weight is 595 g/mol. The quantitative estimate of drug-likeness (QED) is 0.336. The molecule has 1 fully saturated rings. The van der Waals surface area contributed by atoms with Crippen LogP contribution in [0.1, 0.15) is 42.4 Å². The highest BCUT2D eigenvalue weighted by molar-refractivity contribution is 7.90. The monoisotopic (exact) mass is 594 g/mol. The molecular weight excluding hydrogens is 555 g/mol. The van der Waals surface area contributed by atoms with Crippen molar-refractivity contribution < 1.29 is 22.4 Å². The molecule has 0 spiro atoms. The third-order valence-corrected chi connectivity index (χ3v) is 9.52. The molecule has 10 heteroatoms. The van der Waals surface area contributed by atoms with E-state index in [4.69, 9.17) is 0 Å². The maximum atomic E-state index is 15.0. The number of hydrogen-bond acceptors (Lipinski definition) is 4. The Kier molecular flexibility index (Phi) is 10.3. The van der Waals surface area contributed by atoms with Gasteiger partial charge in [-0.25, -0.2) is 8.70 Å². The molecule has 224 valence electrons. The average Bonchev–Trinajstić information content (AvgIpc) is 3.48. The van der Waals surface area contributed by atoms with Crippen molar-refractivity contribution in [1.29, 1.82) is 0 Å². The van der Waals surface area contributed by atoms with Gasteiger partial charge in [-0.05, 0) is 48.6 Å². The van der Waals surface area contributed by atoms with Crippen LogP contribution >= 0.6 is 0 Å². The lowest BCUT2D eigenvalue weighted by molar-refractivity contribution is -0.140. The van der Waals surface area contributed by atoms with Crippen LogP contribution in [0.4, 0.5) is 10.1 Å². The second-order valence-electron chi connectivity index (χ2n) is 10.9. The Morgan fingerprint density at radius 2 is 1.55 bits per heavy atom. The van der Waals surface area contributed by atoms with Gasteiger partial charge in [0.1, 0.15) is 18.4 Å². The second kappa shape index (κ2) is 13.9. The molecule has 0 bridgehead atoms. The minimum atomic E-state index is -4.27. The Balaban J connectivity index is 1.77. The summed E-state index contributed by atoms with van der Waals surface area (Å²) < 4.78 is 43.5. The van der Waals surface area contributed by atoms with Gasteiger partial charge in [0.15, 0.2) is 0 Å². The molecule has 1 atom stereocenters. The fraction of sp³-hybridized carbons (Fsp3) is 0.375. The van der Waals surface area contributed by atoms with Crippen LogP contribution in [-0.4, -0.2) is 62.2 Å². The van der Waals surface area contributed by atoms with Crippen molar-refractivity contribution in [3.8, 4) is 0 Å². The summed E-state index contributed by atoms with van der Waals surface area (Å²) in [7, 11) is -1.62. The first-order chi connectivity index (χ1) is 20.1. The molecule has 1 aliphatic rings. The number of amides is 2. The summed E-state index contributed by atoms with van der Waals surface area (Å²) in [6.07, 6.45) is 4.03. The smallest absolute Gasteiger partial charge is 0.304 e. The van der Waals surface area contributed by atoms with Crippen molar-refractivity contribution in [2.24, 2.45) is 0 Å². The molecule has 0 radical (unpaired) electrons. The maximum absolute atomic E-state index is 15.0. The molecule has 0 aromatic heterocycles. The third-order valence-electron chi connectivity index (χ3n) is 7.71. The number of aryl methyl sites for hydroxylation is 1. The van der Waals surface area contributed by atoms with E-state index in [-0.39, 0.29) is 30.6 Å². The number of benzene rings is 3. The summed E-state index contributed by atoms with van der Waals surface area (Å²) in [6, 6.07) is 21.5. The van der Waals surface area contributed by atoms with E-state index in [0.717, 1.165) is 57.1 Å². The highest BCUT2D eigenvalue weighted by Crippen LogP contribution is 2.25. The molecular formula is C32H39FN4O4S. The van der Waals surface area contributed by atoms with Crippen LogP contribution in [-0.2, 0) is 32.8 Å². The van der Waals surface area contributed by atoms with Gasteiger partial charge in [0.05, 0.1) is 5.69 Å². The number of halogens is 1. The minimum absolute atomic E-state index is 0.0234. The Morgan fingerprint density at radius 3 is 2.19 bits per heavy atom. The van der Waals surface area contributed by atoms with E-state index in [9.17, 15) is 22.4 Å². The largest absolute Gasteiger partial charge is 0.352 e. The van der Waals surface area contributed by atoms with Crippen LogP contribution in [0.2, 0.25) is 0 Å². The highest BCUT2D eigenvalue weighted by atomic mass is 32.2. The predicted octanol–water partition coefficient (Wildman–Crippen LogP) is 4.45. The summed E-state index contributed by atoms with van der Waals surface area (Å²) in [6.45, 7) is 1.31. The summed E-state index contributed by atoms with van der Waals surface area (Å²) in [5, 5.41) is 3.14. The molecule has 1 aliphatic carbocycles. The van der Waals surface area contributed by atoms with Crippen LogP contribution < -0.4 is 9.62 Å². The summed E-state index contributed by atoms with van der Waals surface area (Å²) in [4.78, 5) is 29.7. The summed E-state index contributed by atoms with van der Waals surface area (Å²) in [5.74, 6) is -1.68. The predicted molar refractivity (Wildman–Crippen MR) is 162 cm³/mol. The normalized spacial score (nSPS) is 14.5. The lowest BCUT2D eigenvalue weighted by Crippen LogP contribution is -2.55. The molecule has 8 nitrogen and oxygen atoms in total. The minimum Gasteiger partial charge on any atom is -0.352 e. The molecule has 1 unspecified atom stereocenters. The van der Waals surface area contributed by atoms with Crippen molar-refractivity contribution in [2.75, 3.05) is 24.9 Å².